The molecular weight excluding hydrogens is 400 g/mol. The van der Waals surface area contributed by atoms with Crippen LogP contribution in [0, 0.1) is 0 Å². The summed E-state index contributed by atoms with van der Waals surface area (Å²) in [6.45, 7) is 9.38. The number of hydrogen-bond acceptors (Lipinski definition) is 4. The molecule has 0 N–H and O–H groups in total. The number of hydrogen-bond donors (Lipinski definition) is 0. The molecule has 5 heteroatoms. The Kier molecular flexibility index (Phi) is 8.08. The van der Waals surface area contributed by atoms with E-state index >= 15 is 0 Å². The van der Waals surface area contributed by atoms with Crippen LogP contribution in [0.1, 0.15) is 58.1 Å². The minimum Gasteiger partial charge on any atom is -0.444 e. The molecule has 0 spiro atoms. The van der Waals surface area contributed by atoms with E-state index in [2.05, 4.69) is 53.4 Å². The molecule has 1 heterocycles. The highest BCUT2D eigenvalue weighted by Gasteiger charge is 2.39. The largest absolute Gasteiger partial charge is 0.444 e. The van der Waals surface area contributed by atoms with E-state index in [0.29, 0.717) is 13.0 Å². The minimum absolute atomic E-state index is 0.0700. The zero-order valence-electron chi connectivity index (χ0n) is 19.8. The third kappa shape index (κ3) is 6.92. The molecule has 2 atom stereocenters. The third-order valence-corrected chi connectivity index (χ3v) is 5.79. The lowest BCUT2D eigenvalue weighted by molar-refractivity contribution is -0.119. The molecule has 0 unspecified atom stereocenters. The van der Waals surface area contributed by atoms with E-state index in [4.69, 9.17) is 4.74 Å². The quantitative estimate of drug-likeness (QED) is 0.580. The van der Waals surface area contributed by atoms with Crippen molar-refractivity contribution in [3.8, 4) is 0 Å². The predicted octanol–water partition coefficient (Wildman–Crippen LogP) is 5.44. The Morgan fingerprint density at radius 2 is 1.50 bits per heavy atom. The number of carbonyl (C=O) groups excluding carboxylic acids is 2. The van der Waals surface area contributed by atoms with Crippen molar-refractivity contribution in [1.82, 2.24) is 9.80 Å². The Morgan fingerprint density at radius 3 is 1.97 bits per heavy atom. The van der Waals surface area contributed by atoms with Crippen LogP contribution in [-0.4, -0.2) is 45.9 Å². The first-order valence-corrected chi connectivity index (χ1v) is 11.5. The molecular formula is C27H36N2O3. The van der Waals surface area contributed by atoms with Gasteiger partial charge < -0.3 is 9.64 Å². The predicted molar refractivity (Wildman–Crippen MR) is 127 cm³/mol. The first kappa shape index (κ1) is 24.0. The molecule has 32 heavy (non-hydrogen) atoms. The highest BCUT2D eigenvalue weighted by atomic mass is 16.6. The molecule has 1 fully saturated rings. The summed E-state index contributed by atoms with van der Waals surface area (Å²) in [4.78, 5) is 29.5. The van der Waals surface area contributed by atoms with Gasteiger partial charge in [-0.15, -0.1) is 0 Å². The SMILES string of the molecule is CC(=O)C[C@@H]1[C@@H](N(Cc2ccccc2)Cc2ccccc2)CCCN1C(=O)OC(C)(C)C. The summed E-state index contributed by atoms with van der Waals surface area (Å²) in [5, 5.41) is 0. The van der Waals surface area contributed by atoms with Crippen molar-refractivity contribution in [2.45, 2.75) is 77.7 Å². The molecule has 2 aromatic rings. The van der Waals surface area contributed by atoms with Gasteiger partial charge in [0, 0.05) is 32.1 Å². The Bertz CT molecular complexity index is 835. The van der Waals surface area contributed by atoms with Crippen LogP contribution in [-0.2, 0) is 22.6 Å². The number of ether oxygens (including phenoxy) is 1. The molecule has 1 saturated heterocycles. The molecule has 1 aliphatic heterocycles. The normalized spacial score (nSPS) is 19.1. The molecule has 0 aromatic heterocycles. The van der Waals surface area contributed by atoms with E-state index < -0.39 is 5.60 Å². The molecule has 0 aliphatic carbocycles. The van der Waals surface area contributed by atoms with Gasteiger partial charge in [0.1, 0.15) is 11.4 Å². The number of piperidine rings is 1. The van der Waals surface area contributed by atoms with Gasteiger partial charge in [0.2, 0.25) is 0 Å². The van der Waals surface area contributed by atoms with Gasteiger partial charge in [-0.05, 0) is 51.7 Å². The minimum atomic E-state index is -0.571. The van der Waals surface area contributed by atoms with Gasteiger partial charge in [-0.3, -0.25) is 9.69 Å². The Hall–Kier alpha value is -2.66. The van der Waals surface area contributed by atoms with Gasteiger partial charge >= 0.3 is 6.09 Å². The first-order valence-electron chi connectivity index (χ1n) is 11.5. The van der Waals surface area contributed by atoms with Crippen LogP contribution < -0.4 is 0 Å². The fourth-order valence-electron chi connectivity index (χ4n) is 4.48. The van der Waals surface area contributed by atoms with Crippen molar-refractivity contribution < 1.29 is 14.3 Å². The fraction of sp³-hybridized carbons (Fsp3) is 0.481. The molecule has 0 saturated carbocycles. The smallest absolute Gasteiger partial charge is 0.410 e. The Morgan fingerprint density at radius 1 is 0.969 bits per heavy atom. The molecule has 1 aliphatic rings. The van der Waals surface area contributed by atoms with Crippen LogP contribution in [0.5, 0.6) is 0 Å². The number of amides is 1. The van der Waals surface area contributed by atoms with Crippen LogP contribution in [0.3, 0.4) is 0 Å². The maximum absolute atomic E-state index is 13.1. The third-order valence-electron chi connectivity index (χ3n) is 5.79. The maximum Gasteiger partial charge on any atom is 0.410 e. The molecule has 0 bridgehead atoms. The molecule has 0 radical (unpaired) electrons. The van der Waals surface area contributed by atoms with Crippen LogP contribution in [0.15, 0.2) is 60.7 Å². The van der Waals surface area contributed by atoms with Gasteiger partial charge in [0.25, 0.3) is 0 Å². The Balaban J connectivity index is 1.91. The summed E-state index contributed by atoms with van der Waals surface area (Å²) in [6, 6.07) is 20.6. The molecule has 5 nitrogen and oxygen atoms in total. The van der Waals surface area contributed by atoms with E-state index in [1.54, 1.807) is 11.8 Å². The first-order chi connectivity index (χ1) is 15.2. The standard InChI is InChI=1S/C27H36N2O3/c1-21(30)18-25-24(16-11-17-29(25)26(31)32-27(2,3)4)28(19-22-12-7-5-8-13-22)20-23-14-9-6-10-15-23/h5-10,12-15,24-25H,11,16-20H2,1-4H3/t24-,25+/m0/s1. The second-order valence-corrected chi connectivity index (χ2v) is 9.73. The van der Waals surface area contributed by atoms with E-state index in [-0.39, 0.29) is 24.0 Å². The fourth-order valence-corrected chi connectivity index (χ4v) is 4.48. The number of carbonyl (C=O) groups is 2. The highest BCUT2D eigenvalue weighted by Crippen LogP contribution is 2.29. The topological polar surface area (TPSA) is 49.9 Å². The summed E-state index contributed by atoms with van der Waals surface area (Å²) in [7, 11) is 0. The number of nitrogens with zero attached hydrogens (tertiary/aromatic N) is 2. The van der Waals surface area contributed by atoms with Crippen LogP contribution in [0.2, 0.25) is 0 Å². The van der Waals surface area contributed by atoms with E-state index in [1.165, 1.54) is 11.1 Å². The highest BCUT2D eigenvalue weighted by molar-refractivity contribution is 5.77. The van der Waals surface area contributed by atoms with E-state index in [9.17, 15) is 9.59 Å². The summed E-state index contributed by atoms with van der Waals surface area (Å²) in [5.74, 6) is 0.0924. The van der Waals surface area contributed by atoms with Crippen molar-refractivity contribution in [1.29, 1.82) is 0 Å². The zero-order chi connectivity index (χ0) is 23.1. The van der Waals surface area contributed by atoms with Crippen molar-refractivity contribution >= 4 is 11.9 Å². The molecule has 172 valence electrons. The number of rotatable bonds is 7. The second-order valence-electron chi connectivity index (χ2n) is 9.73. The molecule has 1 amide bonds. The van der Waals surface area contributed by atoms with E-state index in [1.807, 2.05) is 32.9 Å². The van der Waals surface area contributed by atoms with Gasteiger partial charge in [-0.1, -0.05) is 60.7 Å². The average molecular weight is 437 g/mol. The van der Waals surface area contributed by atoms with Crippen molar-refractivity contribution in [3.63, 3.8) is 0 Å². The van der Waals surface area contributed by atoms with Crippen LogP contribution >= 0.6 is 0 Å². The number of Topliss-reactive ketones (excluding diaryl/α,β-unsaturated/α-hetero) is 1. The monoisotopic (exact) mass is 436 g/mol. The van der Waals surface area contributed by atoms with Gasteiger partial charge in [-0.2, -0.15) is 0 Å². The lowest BCUT2D eigenvalue weighted by atomic mass is 9.90. The maximum atomic E-state index is 13.1. The second kappa shape index (κ2) is 10.8. The Labute approximate surface area is 192 Å². The molecule has 3 rings (SSSR count). The zero-order valence-corrected chi connectivity index (χ0v) is 19.8. The van der Waals surface area contributed by atoms with Gasteiger partial charge in [0.05, 0.1) is 6.04 Å². The summed E-state index contributed by atoms with van der Waals surface area (Å²) >= 11 is 0. The van der Waals surface area contributed by atoms with Crippen LogP contribution in [0.4, 0.5) is 4.79 Å². The van der Waals surface area contributed by atoms with Crippen LogP contribution in [0.25, 0.3) is 0 Å². The number of benzene rings is 2. The number of ketones is 1. The number of likely N-dealkylation sites (tertiary alicyclic amines) is 1. The average Bonchev–Trinajstić information content (AvgIpc) is 2.73. The molecule has 2 aromatic carbocycles. The summed E-state index contributed by atoms with van der Waals surface area (Å²) < 4.78 is 5.71. The summed E-state index contributed by atoms with van der Waals surface area (Å²) in [6.07, 6.45) is 1.84. The van der Waals surface area contributed by atoms with E-state index in [0.717, 1.165) is 25.9 Å². The lowest BCUT2D eigenvalue weighted by Crippen LogP contribution is -2.58. The van der Waals surface area contributed by atoms with Gasteiger partial charge in [-0.25, -0.2) is 4.79 Å². The summed E-state index contributed by atoms with van der Waals surface area (Å²) in [5.41, 5.74) is 1.87. The van der Waals surface area contributed by atoms with Crippen molar-refractivity contribution in [2.75, 3.05) is 6.54 Å². The van der Waals surface area contributed by atoms with Crippen molar-refractivity contribution in [2.24, 2.45) is 0 Å². The van der Waals surface area contributed by atoms with Gasteiger partial charge in [0.15, 0.2) is 0 Å². The lowest BCUT2D eigenvalue weighted by Gasteiger charge is -2.46. The van der Waals surface area contributed by atoms with Crippen molar-refractivity contribution in [3.05, 3.63) is 71.8 Å².